The minimum atomic E-state index is -0.417. The number of aromatic nitrogens is 4. The zero-order valence-corrected chi connectivity index (χ0v) is 9.60. The van der Waals surface area contributed by atoms with E-state index in [0.29, 0.717) is 30.3 Å². The van der Waals surface area contributed by atoms with Crippen LogP contribution in [0.4, 0.5) is 0 Å². The van der Waals surface area contributed by atoms with Gasteiger partial charge in [0.1, 0.15) is 24.5 Å². The highest BCUT2D eigenvalue weighted by molar-refractivity contribution is 7.92. The van der Waals surface area contributed by atoms with Gasteiger partial charge in [-0.05, 0) is 10.4 Å². The Morgan fingerprint density at radius 1 is 1.29 bits per heavy atom. The van der Waals surface area contributed by atoms with E-state index in [1.807, 2.05) is 0 Å². The largest absolute Gasteiger partial charge is 0.241 e. The first kappa shape index (κ1) is 14.5. The van der Waals surface area contributed by atoms with Crippen LogP contribution in [0, 0.1) is 0 Å². The second kappa shape index (κ2) is 9.48. The van der Waals surface area contributed by atoms with Crippen molar-refractivity contribution < 1.29 is 29.3 Å². The maximum absolute atomic E-state index is 7.94. The maximum Gasteiger partial charge on any atom is 0.167 e. The van der Waals surface area contributed by atoms with Crippen LogP contribution in [0.1, 0.15) is 11.9 Å². The molecule has 0 amide bonds. The lowest BCUT2D eigenvalue weighted by Crippen LogP contribution is -2.26. The van der Waals surface area contributed by atoms with Crippen molar-refractivity contribution >= 4 is 24.5 Å². The highest BCUT2D eigenvalue weighted by Crippen LogP contribution is 2.11. The number of hydrogen-bond donors (Lipinski definition) is 5. The Morgan fingerprint density at radius 2 is 2.06 bits per heavy atom. The molecular weight excluding hydrogens is 280 g/mol. The molecule has 0 radical (unpaired) electrons. The zero-order chi connectivity index (χ0) is 12.3. The Hall–Kier alpha value is -0.550. The van der Waals surface area contributed by atoms with Crippen molar-refractivity contribution in [1.82, 2.24) is 30.1 Å². The summed E-state index contributed by atoms with van der Waals surface area (Å²) >= 11 is 1.26. The van der Waals surface area contributed by atoms with Crippen LogP contribution in [-0.2, 0) is 18.7 Å². The van der Waals surface area contributed by atoms with Crippen LogP contribution in [-0.4, -0.2) is 37.7 Å². The smallest absolute Gasteiger partial charge is 0.167 e. The molecule has 98 valence electrons. The van der Waals surface area contributed by atoms with Crippen LogP contribution >= 0.6 is 24.5 Å². The number of tetrazole rings is 1. The van der Waals surface area contributed by atoms with Crippen LogP contribution in [0.15, 0.2) is 0 Å². The number of H-pyrrole nitrogens is 1. The van der Waals surface area contributed by atoms with E-state index in [0.717, 1.165) is 0 Å². The summed E-state index contributed by atoms with van der Waals surface area (Å²) in [6, 6.07) is -0.417. The Bertz CT molecular complexity index is 277. The summed E-state index contributed by atoms with van der Waals surface area (Å²) in [6.45, 7) is 0.271. The predicted octanol–water partition coefficient (Wildman–Crippen LogP) is -0.611. The zero-order valence-electron chi connectivity index (χ0n) is 7.97. The predicted molar refractivity (Wildman–Crippen MR) is 52.8 cm³/mol. The third-order valence-corrected chi connectivity index (χ3v) is 2.28. The van der Waals surface area contributed by atoms with E-state index < -0.39 is 6.04 Å². The van der Waals surface area contributed by atoms with Gasteiger partial charge >= 0.3 is 0 Å². The molecule has 0 aliphatic heterocycles. The fourth-order valence-corrected chi connectivity index (χ4v) is 1.45. The molecule has 0 saturated heterocycles. The summed E-state index contributed by atoms with van der Waals surface area (Å²) in [5, 5.41) is 35.6. The molecule has 0 spiro atoms. The van der Waals surface area contributed by atoms with Crippen LogP contribution in [0.25, 0.3) is 0 Å². The van der Waals surface area contributed by atoms with E-state index in [9.17, 15) is 0 Å². The molecule has 12 nitrogen and oxygen atoms in total. The summed E-state index contributed by atoms with van der Waals surface area (Å²) in [4.78, 5) is 0. The highest BCUT2D eigenvalue weighted by atomic mass is 32.2. The van der Waals surface area contributed by atoms with Gasteiger partial charge in [0.25, 0.3) is 0 Å². The SMILES string of the molecule is OOOSNCC(NSOOO)c1nnn[nH]1. The maximum atomic E-state index is 7.94. The van der Waals surface area contributed by atoms with Gasteiger partial charge in [-0.15, -0.1) is 13.8 Å². The van der Waals surface area contributed by atoms with Gasteiger partial charge in [-0.25, -0.2) is 25.1 Å². The summed E-state index contributed by atoms with van der Waals surface area (Å²) in [6.07, 6.45) is 0. The molecule has 0 saturated carbocycles. The average Bonchev–Trinajstić information content (AvgIpc) is 2.86. The van der Waals surface area contributed by atoms with E-state index >= 15 is 0 Å². The molecule has 1 aromatic heterocycles. The van der Waals surface area contributed by atoms with Crippen LogP contribution < -0.4 is 9.44 Å². The number of hydrogen-bond acceptors (Lipinski definition) is 13. The third kappa shape index (κ3) is 6.07. The topological polar surface area (TPSA) is 156 Å². The summed E-state index contributed by atoms with van der Waals surface area (Å²) in [5.41, 5.74) is 0. The molecule has 1 atom stereocenters. The molecule has 0 fully saturated rings. The lowest BCUT2D eigenvalue weighted by molar-refractivity contribution is -0.432. The lowest BCUT2D eigenvalue weighted by Gasteiger charge is -2.12. The number of aromatic amines is 1. The van der Waals surface area contributed by atoms with E-state index in [1.54, 1.807) is 0 Å². The van der Waals surface area contributed by atoms with Crippen molar-refractivity contribution in [1.29, 1.82) is 0 Å². The Balaban J connectivity index is 2.31. The second-order valence-corrected chi connectivity index (χ2v) is 3.39. The van der Waals surface area contributed by atoms with Crippen molar-refractivity contribution in [2.75, 3.05) is 6.54 Å². The molecule has 1 aromatic rings. The molecule has 0 aliphatic rings. The lowest BCUT2D eigenvalue weighted by atomic mass is 10.3. The van der Waals surface area contributed by atoms with Gasteiger partial charge in [0.05, 0.1) is 6.04 Å². The molecule has 0 bridgehead atoms. The molecule has 1 unspecified atom stereocenters. The first-order valence-electron chi connectivity index (χ1n) is 3.88. The fraction of sp³-hybridized carbons (Fsp3) is 0.667. The number of rotatable bonds is 10. The summed E-state index contributed by atoms with van der Waals surface area (Å²) in [7, 11) is 0. The minimum absolute atomic E-state index is 0.271. The highest BCUT2D eigenvalue weighted by Gasteiger charge is 2.15. The summed E-state index contributed by atoms with van der Waals surface area (Å²) < 4.78 is 13.6. The Morgan fingerprint density at radius 3 is 2.71 bits per heavy atom. The third-order valence-electron chi connectivity index (χ3n) is 1.36. The first-order chi connectivity index (χ1) is 8.38. The van der Waals surface area contributed by atoms with Gasteiger partial charge in [0.15, 0.2) is 5.82 Å². The Kier molecular flexibility index (Phi) is 8.09. The van der Waals surface area contributed by atoms with Gasteiger partial charge in [0.2, 0.25) is 0 Å². The van der Waals surface area contributed by atoms with E-state index in [-0.39, 0.29) is 6.54 Å². The van der Waals surface area contributed by atoms with Crippen LogP contribution in [0.3, 0.4) is 0 Å². The van der Waals surface area contributed by atoms with Crippen molar-refractivity contribution in [3.8, 4) is 0 Å². The van der Waals surface area contributed by atoms with Gasteiger partial charge in [-0.2, -0.15) is 0 Å². The van der Waals surface area contributed by atoms with Crippen molar-refractivity contribution in [2.45, 2.75) is 6.04 Å². The van der Waals surface area contributed by atoms with Crippen LogP contribution in [0.5, 0.6) is 0 Å². The summed E-state index contributed by atoms with van der Waals surface area (Å²) in [5.74, 6) is 0.400. The van der Waals surface area contributed by atoms with E-state index in [2.05, 4.69) is 48.8 Å². The fourth-order valence-electron chi connectivity index (χ4n) is 0.758. The van der Waals surface area contributed by atoms with Gasteiger partial charge in [-0.1, -0.05) is 10.1 Å². The van der Waals surface area contributed by atoms with Crippen molar-refractivity contribution in [2.24, 2.45) is 0 Å². The van der Waals surface area contributed by atoms with Crippen molar-refractivity contribution in [3.63, 3.8) is 0 Å². The molecule has 1 heterocycles. The molecular formula is C3H8N6O6S2. The van der Waals surface area contributed by atoms with E-state index in [4.69, 9.17) is 10.5 Å². The van der Waals surface area contributed by atoms with Gasteiger partial charge < -0.3 is 0 Å². The monoisotopic (exact) mass is 288 g/mol. The standard InChI is InChI=1S/C3H8N6O6S2/c10-12-14-16-4-1-2(7-17-15-13-11)3-5-8-9-6-3/h2,4,7,10-11H,1H2,(H,5,6,8,9). The molecule has 17 heavy (non-hydrogen) atoms. The first-order valence-corrected chi connectivity index (χ1v) is 5.36. The van der Waals surface area contributed by atoms with Crippen molar-refractivity contribution in [3.05, 3.63) is 5.82 Å². The minimum Gasteiger partial charge on any atom is -0.241 e. The van der Waals surface area contributed by atoms with Gasteiger partial charge in [-0.3, -0.25) is 0 Å². The Labute approximate surface area is 103 Å². The normalized spacial score (nSPS) is 12.8. The molecule has 0 aromatic carbocycles. The molecule has 5 N–H and O–H groups in total. The number of nitrogens with zero attached hydrogens (tertiary/aromatic N) is 3. The second-order valence-electron chi connectivity index (χ2n) is 2.26. The quantitative estimate of drug-likeness (QED) is 0.122. The number of nitrogens with one attached hydrogen (secondary N) is 3. The van der Waals surface area contributed by atoms with Gasteiger partial charge in [0, 0.05) is 6.54 Å². The molecule has 1 rings (SSSR count). The average molecular weight is 288 g/mol. The molecule has 0 aliphatic carbocycles. The van der Waals surface area contributed by atoms with E-state index in [1.165, 1.54) is 0 Å². The molecule has 14 heteroatoms. The van der Waals surface area contributed by atoms with Crippen LogP contribution in [0.2, 0.25) is 0 Å².